The number of esters is 1. The number of hydrogen-bond donors (Lipinski definition) is 2. The lowest BCUT2D eigenvalue weighted by Crippen LogP contribution is -2.27. The molecule has 0 saturated heterocycles. The number of ether oxygens (including phenoxy) is 1. The van der Waals surface area contributed by atoms with Crippen molar-refractivity contribution >= 4 is 28.9 Å². The molecule has 4 nitrogen and oxygen atoms in total. The molecule has 0 aromatic heterocycles. The Morgan fingerprint density at radius 1 is 1.43 bits per heavy atom. The van der Waals surface area contributed by atoms with E-state index in [9.17, 15) is 4.79 Å². The van der Waals surface area contributed by atoms with Crippen LogP contribution in [0.15, 0.2) is 12.1 Å². The van der Waals surface area contributed by atoms with Crippen molar-refractivity contribution in [1.29, 1.82) is 0 Å². The van der Waals surface area contributed by atoms with Crippen LogP contribution >= 0.6 is 11.6 Å². The molecule has 3 rings (SSSR count). The van der Waals surface area contributed by atoms with Crippen LogP contribution in [0, 0.1) is 11.8 Å². The van der Waals surface area contributed by atoms with Crippen LogP contribution in [0.25, 0.3) is 0 Å². The predicted molar refractivity (Wildman–Crippen MR) is 84.7 cm³/mol. The summed E-state index contributed by atoms with van der Waals surface area (Å²) in [6.07, 6.45) is 5.05. The van der Waals surface area contributed by atoms with Crippen LogP contribution in [0.5, 0.6) is 0 Å². The first kappa shape index (κ1) is 14.5. The number of carbonyl (C=O) groups is 1. The SMILES string of the molecule is CCOC(=O)c1cc(N)cc(Cl)c1NC1CC2CCC1C2. The highest BCUT2D eigenvalue weighted by atomic mass is 35.5. The molecule has 0 spiro atoms. The lowest BCUT2D eigenvalue weighted by atomic mass is 9.95. The molecular formula is C16H21ClN2O2. The number of rotatable bonds is 4. The number of hydrogen-bond acceptors (Lipinski definition) is 4. The molecule has 0 heterocycles. The van der Waals surface area contributed by atoms with Crippen molar-refractivity contribution in [1.82, 2.24) is 0 Å². The number of nitrogens with one attached hydrogen (secondary N) is 1. The number of fused-ring (bicyclic) bond motifs is 2. The van der Waals surface area contributed by atoms with Gasteiger partial charge in [0.1, 0.15) is 0 Å². The Morgan fingerprint density at radius 3 is 2.86 bits per heavy atom. The van der Waals surface area contributed by atoms with Gasteiger partial charge in [-0.1, -0.05) is 18.0 Å². The van der Waals surface area contributed by atoms with E-state index >= 15 is 0 Å². The quantitative estimate of drug-likeness (QED) is 0.657. The molecule has 0 radical (unpaired) electrons. The van der Waals surface area contributed by atoms with E-state index in [0.29, 0.717) is 40.5 Å². The summed E-state index contributed by atoms with van der Waals surface area (Å²) in [5.41, 5.74) is 7.39. The molecule has 3 unspecified atom stereocenters. The second-order valence-electron chi connectivity index (χ2n) is 6.07. The van der Waals surface area contributed by atoms with Crippen LogP contribution in [0.3, 0.4) is 0 Å². The van der Waals surface area contributed by atoms with Crippen LogP contribution in [0.2, 0.25) is 5.02 Å². The highest BCUT2D eigenvalue weighted by Crippen LogP contribution is 2.46. The topological polar surface area (TPSA) is 64.3 Å². The molecule has 0 aliphatic heterocycles. The van der Waals surface area contributed by atoms with Gasteiger partial charge in [-0.2, -0.15) is 0 Å². The molecule has 2 aliphatic rings. The summed E-state index contributed by atoms with van der Waals surface area (Å²) in [5.74, 6) is 1.14. The zero-order valence-corrected chi connectivity index (χ0v) is 13.0. The number of anilines is 2. The summed E-state index contributed by atoms with van der Waals surface area (Å²) in [7, 11) is 0. The smallest absolute Gasteiger partial charge is 0.340 e. The molecule has 0 amide bonds. The lowest BCUT2D eigenvalue weighted by Gasteiger charge is -2.25. The van der Waals surface area contributed by atoms with E-state index in [-0.39, 0.29) is 5.97 Å². The Balaban J connectivity index is 1.87. The van der Waals surface area contributed by atoms with Gasteiger partial charge < -0.3 is 15.8 Å². The second-order valence-corrected chi connectivity index (χ2v) is 6.48. The van der Waals surface area contributed by atoms with E-state index in [1.54, 1.807) is 19.1 Å². The van der Waals surface area contributed by atoms with E-state index < -0.39 is 0 Å². The maximum absolute atomic E-state index is 12.1. The first-order valence-electron chi connectivity index (χ1n) is 7.61. The maximum atomic E-state index is 12.1. The zero-order valence-electron chi connectivity index (χ0n) is 12.2. The highest BCUT2D eigenvalue weighted by Gasteiger charge is 2.40. The molecule has 5 heteroatoms. The molecule has 2 saturated carbocycles. The Labute approximate surface area is 130 Å². The van der Waals surface area contributed by atoms with Gasteiger partial charge in [0.15, 0.2) is 0 Å². The van der Waals surface area contributed by atoms with Crippen LogP contribution in [-0.4, -0.2) is 18.6 Å². The van der Waals surface area contributed by atoms with Gasteiger partial charge in [0, 0.05) is 11.7 Å². The van der Waals surface area contributed by atoms with Crippen LogP contribution in [-0.2, 0) is 4.74 Å². The number of nitrogen functional groups attached to an aromatic ring is 1. The molecule has 21 heavy (non-hydrogen) atoms. The highest BCUT2D eigenvalue weighted by molar-refractivity contribution is 6.34. The van der Waals surface area contributed by atoms with E-state index in [2.05, 4.69) is 5.32 Å². The molecule has 3 atom stereocenters. The van der Waals surface area contributed by atoms with Gasteiger partial charge >= 0.3 is 5.97 Å². The summed E-state index contributed by atoms with van der Waals surface area (Å²) in [6.45, 7) is 2.12. The molecule has 2 fully saturated rings. The predicted octanol–water partition coefficient (Wildman–Crippen LogP) is 3.70. The van der Waals surface area contributed by atoms with Crippen LogP contribution in [0.1, 0.15) is 43.0 Å². The van der Waals surface area contributed by atoms with E-state index in [1.165, 1.54) is 19.3 Å². The van der Waals surface area contributed by atoms with Gasteiger partial charge in [0.2, 0.25) is 0 Å². The largest absolute Gasteiger partial charge is 0.462 e. The van der Waals surface area contributed by atoms with Crippen molar-refractivity contribution in [3.8, 4) is 0 Å². The summed E-state index contributed by atoms with van der Waals surface area (Å²) >= 11 is 6.31. The van der Waals surface area contributed by atoms with Crippen molar-refractivity contribution in [3.05, 3.63) is 22.7 Å². The minimum absolute atomic E-state index is 0.332. The van der Waals surface area contributed by atoms with E-state index in [1.807, 2.05) is 0 Å². The third-order valence-electron chi connectivity index (χ3n) is 4.68. The Kier molecular flexibility index (Phi) is 3.98. The summed E-state index contributed by atoms with van der Waals surface area (Å²) in [4.78, 5) is 12.1. The number of carbonyl (C=O) groups excluding carboxylic acids is 1. The van der Waals surface area contributed by atoms with Crippen molar-refractivity contribution in [2.75, 3.05) is 17.7 Å². The van der Waals surface area contributed by atoms with Crippen LogP contribution in [0.4, 0.5) is 11.4 Å². The number of benzene rings is 1. The average Bonchev–Trinajstić information content (AvgIpc) is 3.04. The molecule has 114 valence electrons. The van der Waals surface area contributed by atoms with Gasteiger partial charge in [0.25, 0.3) is 0 Å². The molecule has 2 aliphatic carbocycles. The Morgan fingerprint density at radius 2 is 2.24 bits per heavy atom. The van der Waals surface area contributed by atoms with Gasteiger partial charge in [-0.25, -0.2) is 4.79 Å². The van der Waals surface area contributed by atoms with Gasteiger partial charge in [-0.15, -0.1) is 0 Å². The minimum atomic E-state index is -0.377. The Hall–Kier alpha value is -1.42. The molecular weight excluding hydrogens is 288 g/mol. The molecule has 1 aromatic rings. The first-order chi connectivity index (χ1) is 10.1. The van der Waals surface area contributed by atoms with Crippen molar-refractivity contribution in [2.24, 2.45) is 11.8 Å². The number of nitrogens with two attached hydrogens (primary N) is 1. The fourth-order valence-corrected chi connectivity index (χ4v) is 4.03. The van der Waals surface area contributed by atoms with Crippen LogP contribution < -0.4 is 11.1 Å². The molecule has 3 N–H and O–H groups in total. The van der Waals surface area contributed by atoms with Crippen molar-refractivity contribution < 1.29 is 9.53 Å². The molecule has 2 bridgehead atoms. The van der Waals surface area contributed by atoms with E-state index in [0.717, 1.165) is 12.3 Å². The first-order valence-corrected chi connectivity index (χ1v) is 7.99. The minimum Gasteiger partial charge on any atom is -0.462 e. The lowest BCUT2D eigenvalue weighted by molar-refractivity contribution is 0.0527. The monoisotopic (exact) mass is 308 g/mol. The normalized spacial score (nSPS) is 26.9. The second kappa shape index (κ2) is 5.76. The standard InChI is InChI=1S/C16H21ClN2O2/c1-2-21-16(20)12-7-11(18)8-13(17)15(12)19-14-6-9-3-4-10(14)5-9/h7-10,14,19H,2-6,18H2,1H3. The van der Waals surface area contributed by atoms with Gasteiger partial charge in [-0.3, -0.25) is 0 Å². The summed E-state index contributed by atoms with van der Waals surface area (Å²) in [6, 6.07) is 3.72. The van der Waals surface area contributed by atoms with Crippen molar-refractivity contribution in [2.45, 2.75) is 38.6 Å². The fourth-order valence-electron chi connectivity index (χ4n) is 3.75. The van der Waals surface area contributed by atoms with Gasteiger partial charge in [0.05, 0.1) is 22.9 Å². The third kappa shape index (κ3) is 2.82. The van der Waals surface area contributed by atoms with Crippen molar-refractivity contribution in [3.63, 3.8) is 0 Å². The average molecular weight is 309 g/mol. The summed E-state index contributed by atoms with van der Waals surface area (Å²) in [5, 5.41) is 3.97. The zero-order chi connectivity index (χ0) is 15.0. The summed E-state index contributed by atoms with van der Waals surface area (Å²) < 4.78 is 5.11. The van der Waals surface area contributed by atoms with Gasteiger partial charge in [-0.05, 0) is 50.2 Å². The maximum Gasteiger partial charge on any atom is 0.340 e. The molecule has 1 aromatic carbocycles. The van der Waals surface area contributed by atoms with E-state index in [4.69, 9.17) is 22.1 Å². The fraction of sp³-hybridized carbons (Fsp3) is 0.562. The third-order valence-corrected chi connectivity index (χ3v) is 4.97. The number of halogens is 1. The Bertz CT molecular complexity index is 561.